The maximum atomic E-state index is 12.2. The molecule has 1 aromatic rings. The van der Waals surface area contributed by atoms with Crippen LogP contribution >= 0.6 is 0 Å². The number of hydrogen-bond acceptors (Lipinski definition) is 6. The third-order valence-electron chi connectivity index (χ3n) is 3.42. The van der Waals surface area contributed by atoms with Gasteiger partial charge >= 0.3 is 11.9 Å². The van der Waals surface area contributed by atoms with Crippen LogP contribution in [0.1, 0.15) is 31.2 Å². The summed E-state index contributed by atoms with van der Waals surface area (Å²) >= 11 is 0. The third-order valence-corrected chi connectivity index (χ3v) is 3.42. The fraction of sp³-hybridized carbons (Fsp3) is 0.471. The summed E-state index contributed by atoms with van der Waals surface area (Å²) in [5.41, 5.74) is 0.819. The van der Waals surface area contributed by atoms with Gasteiger partial charge in [0.25, 0.3) is 0 Å². The molecule has 132 valence electrons. The second-order valence-corrected chi connectivity index (χ2v) is 5.15. The molecule has 0 saturated heterocycles. The van der Waals surface area contributed by atoms with E-state index >= 15 is 0 Å². The molecule has 24 heavy (non-hydrogen) atoms. The second kappa shape index (κ2) is 10.4. The molecule has 0 heterocycles. The average Bonchev–Trinajstić information content (AvgIpc) is 2.59. The van der Waals surface area contributed by atoms with Gasteiger partial charge in [-0.2, -0.15) is 0 Å². The van der Waals surface area contributed by atoms with Crippen LogP contribution in [0.5, 0.6) is 0 Å². The monoisotopic (exact) mass is 337 g/mol. The van der Waals surface area contributed by atoms with Gasteiger partial charge in [0.15, 0.2) is 6.04 Å². The van der Waals surface area contributed by atoms with Gasteiger partial charge < -0.3 is 19.9 Å². The Morgan fingerprint density at radius 1 is 1.17 bits per heavy atom. The number of rotatable bonds is 9. The van der Waals surface area contributed by atoms with Crippen molar-refractivity contribution < 1.29 is 29.0 Å². The second-order valence-electron chi connectivity index (χ2n) is 5.15. The van der Waals surface area contributed by atoms with Crippen LogP contribution in [0.3, 0.4) is 0 Å². The van der Waals surface area contributed by atoms with Crippen LogP contribution in [0.4, 0.5) is 0 Å². The fourth-order valence-electron chi connectivity index (χ4n) is 2.25. The zero-order valence-corrected chi connectivity index (χ0v) is 13.9. The van der Waals surface area contributed by atoms with Crippen molar-refractivity contribution in [3.63, 3.8) is 0 Å². The lowest BCUT2D eigenvalue weighted by atomic mass is 9.92. The molecule has 0 aromatic heterocycles. The van der Waals surface area contributed by atoms with Gasteiger partial charge in [-0.25, -0.2) is 4.79 Å². The van der Waals surface area contributed by atoms with Gasteiger partial charge in [0, 0.05) is 12.3 Å². The van der Waals surface area contributed by atoms with E-state index < -0.39 is 30.5 Å². The van der Waals surface area contributed by atoms with Gasteiger partial charge in [0.1, 0.15) is 0 Å². The van der Waals surface area contributed by atoms with E-state index in [-0.39, 0.29) is 25.4 Å². The highest BCUT2D eigenvalue weighted by atomic mass is 16.5. The molecule has 1 rings (SSSR count). The van der Waals surface area contributed by atoms with E-state index in [1.807, 2.05) is 30.3 Å². The third kappa shape index (κ3) is 6.37. The molecule has 0 fully saturated rings. The molecule has 7 heteroatoms. The first kappa shape index (κ1) is 19.6. The number of nitrogens with one attached hydrogen (secondary N) is 1. The van der Waals surface area contributed by atoms with Crippen molar-refractivity contribution in [2.75, 3.05) is 20.3 Å². The van der Waals surface area contributed by atoms with E-state index in [1.54, 1.807) is 6.92 Å². The Kier molecular flexibility index (Phi) is 8.49. The van der Waals surface area contributed by atoms with Crippen molar-refractivity contribution in [2.24, 2.45) is 0 Å². The molecule has 2 atom stereocenters. The van der Waals surface area contributed by atoms with Crippen LogP contribution in [-0.4, -0.2) is 49.3 Å². The molecule has 1 amide bonds. The Balaban J connectivity index is 2.78. The number of hydrogen-bond donors (Lipinski definition) is 2. The first-order valence-corrected chi connectivity index (χ1v) is 7.70. The van der Waals surface area contributed by atoms with Gasteiger partial charge in [-0.05, 0) is 12.5 Å². The molecule has 2 N–H and O–H groups in total. The maximum absolute atomic E-state index is 12.2. The number of methoxy groups -OCH3 is 1. The van der Waals surface area contributed by atoms with E-state index in [2.05, 4.69) is 10.1 Å². The van der Waals surface area contributed by atoms with Crippen molar-refractivity contribution >= 4 is 17.8 Å². The number of esters is 2. The van der Waals surface area contributed by atoms with Gasteiger partial charge in [-0.1, -0.05) is 30.3 Å². The van der Waals surface area contributed by atoms with Crippen LogP contribution in [0.15, 0.2) is 30.3 Å². The Labute approximate surface area is 141 Å². The van der Waals surface area contributed by atoms with Crippen LogP contribution in [0, 0.1) is 0 Å². The molecule has 0 bridgehead atoms. The van der Waals surface area contributed by atoms with Crippen molar-refractivity contribution in [1.82, 2.24) is 5.32 Å². The van der Waals surface area contributed by atoms with Crippen molar-refractivity contribution in [1.29, 1.82) is 0 Å². The maximum Gasteiger partial charge on any atom is 0.330 e. The highest BCUT2D eigenvalue weighted by molar-refractivity contribution is 5.85. The number of carbonyl (C=O) groups is 3. The van der Waals surface area contributed by atoms with E-state index in [9.17, 15) is 14.4 Å². The molecule has 0 saturated carbocycles. The predicted octanol–water partition coefficient (Wildman–Crippen LogP) is 0.764. The highest BCUT2D eigenvalue weighted by Gasteiger charge is 2.24. The van der Waals surface area contributed by atoms with E-state index in [4.69, 9.17) is 9.84 Å². The molecule has 1 aromatic carbocycles. The number of benzene rings is 1. The molecule has 0 aliphatic carbocycles. The van der Waals surface area contributed by atoms with Crippen molar-refractivity contribution in [3.05, 3.63) is 35.9 Å². The highest BCUT2D eigenvalue weighted by Crippen LogP contribution is 2.24. The smallest absolute Gasteiger partial charge is 0.330 e. The summed E-state index contributed by atoms with van der Waals surface area (Å²) in [5, 5.41) is 11.6. The molecule has 0 radical (unpaired) electrons. The minimum Gasteiger partial charge on any atom is -0.467 e. The van der Waals surface area contributed by atoms with E-state index in [0.29, 0.717) is 0 Å². The molecule has 2 unspecified atom stereocenters. The zero-order valence-electron chi connectivity index (χ0n) is 13.9. The van der Waals surface area contributed by atoms with Crippen molar-refractivity contribution in [3.8, 4) is 0 Å². The SMILES string of the molecule is CCOC(=O)CC(CC(=O)NC(CO)C(=O)OC)c1ccccc1. The molecule has 7 nitrogen and oxygen atoms in total. The lowest BCUT2D eigenvalue weighted by Gasteiger charge is -2.19. The van der Waals surface area contributed by atoms with Crippen LogP contribution < -0.4 is 5.32 Å². The van der Waals surface area contributed by atoms with Crippen molar-refractivity contribution in [2.45, 2.75) is 31.7 Å². The summed E-state index contributed by atoms with van der Waals surface area (Å²) in [7, 11) is 1.17. The van der Waals surface area contributed by atoms with E-state index in [0.717, 1.165) is 5.56 Å². The minimum absolute atomic E-state index is 0.0175. The Morgan fingerprint density at radius 3 is 2.38 bits per heavy atom. The average molecular weight is 337 g/mol. The lowest BCUT2D eigenvalue weighted by molar-refractivity contribution is -0.147. The predicted molar refractivity (Wildman–Crippen MR) is 86.1 cm³/mol. The Morgan fingerprint density at radius 2 is 1.83 bits per heavy atom. The Hall–Kier alpha value is -2.41. The number of aliphatic hydroxyl groups is 1. The van der Waals surface area contributed by atoms with Crippen LogP contribution in [-0.2, 0) is 23.9 Å². The standard InChI is InChI=1S/C17H23NO6/c1-3-24-16(21)10-13(12-7-5-4-6-8-12)9-15(20)18-14(11-19)17(22)23-2/h4-8,13-14,19H,3,9-11H2,1-2H3,(H,18,20). The first-order chi connectivity index (χ1) is 11.5. The quantitative estimate of drug-likeness (QED) is 0.645. The summed E-state index contributed by atoms with van der Waals surface area (Å²) in [5.74, 6) is -1.97. The van der Waals surface area contributed by atoms with Crippen LogP contribution in [0.25, 0.3) is 0 Å². The minimum atomic E-state index is -1.12. The number of carbonyl (C=O) groups excluding carboxylic acids is 3. The topological polar surface area (TPSA) is 102 Å². The molecular formula is C17H23NO6. The number of amides is 1. The molecular weight excluding hydrogens is 314 g/mol. The largest absolute Gasteiger partial charge is 0.467 e. The number of aliphatic hydroxyl groups excluding tert-OH is 1. The number of ether oxygens (including phenoxy) is 2. The summed E-state index contributed by atoms with van der Waals surface area (Å²) in [6, 6.07) is 7.99. The van der Waals surface area contributed by atoms with Gasteiger partial charge in [-0.15, -0.1) is 0 Å². The van der Waals surface area contributed by atoms with Gasteiger partial charge in [0.05, 0.1) is 26.7 Å². The molecule has 0 spiro atoms. The van der Waals surface area contributed by atoms with E-state index in [1.165, 1.54) is 7.11 Å². The zero-order chi connectivity index (χ0) is 17.9. The molecule has 0 aliphatic rings. The summed E-state index contributed by atoms with van der Waals surface area (Å²) < 4.78 is 9.45. The fourth-order valence-corrected chi connectivity index (χ4v) is 2.25. The summed E-state index contributed by atoms with van der Waals surface area (Å²) in [4.78, 5) is 35.4. The lowest BCUT2D eigenvalue weighted by Crippen LogP contribution is -2.44. The van der Waals surface area contributed by atoms with Gasteiger partial charge in [-0.3, -0.25) is 9.59 Å². The first-order valence-electron chi connectivity index (χ1n) is 7.70. The summed E-state index contributed by atoms with van der Waals surface area (Å²) in [6.45, 7) is 1.41. The summed E-state index contributed by atoms with van der Waals surface area (Å²) in [6.07, 6.45) is 0.0314. The Bertz CT molecular complexity index is 545. The molecule has 0 aliphatic heterocycles. The van der Waals surface area contributed by atoms with Gasteiger partial charge in [0.2, 0.25) is 5.91 Å². The van der Waals surface area contributed by atoms with Crippen LogP contribution in [0.2, 0.25) is 0 Å². The normalized spacial score (nSPS) is 12.8.